The van der Waals surface area contributed by atoms with E-state index < -0.39 is 5.97 Å². The zero-order chi connectivity index (χ0) is 22.7. The zero-order valence-electron chi connectivity index (χ0n) is 17.9. The predicted octanol–water partition coefficient (Wildman–Crippen LogP) is 6.20. The standard InChI is InChI=1S/C27H24FNO3/c1-17(21-11-12-25(28)26(15-21)32-2)29-16-18-13-22-5-3-4-6-23(22)24(14-18)19-7-9-20(10-8-19)27(30)31/h3-15,17,29H,16H2,1-2H3,(H,30,31)/t17-/m1/s1. The summed E-state index contributed by atoms with van der Waals surface area (Å²) in [5.41, 5.74) is 4.31. The molecule has 32 heavy (non-hydrogen) atoms. The molecule has 0 heterocycles. The number of carboxylic acid groups (broad SMARTS) is 1. The normalized spacial score (nSPS) is 12.0. The second-order valence-electron chi connectivity index (χ2n) is 7.74. The third-order valence-corrected chi connectivity index (χ3v) is 5.65. The maximum Gasteiger partial charge on any atom is 0.335 e. The number of aromatic carboxylic acids is 1. The van der Waals surface area contributed by atoms with Crippen molar-refractivity contribution in [1.29, 1.82) is 0 Å². The minimum absolute atomic E-state index is 0.00531. The highest BCUT2D eigenvalue weighted by Crippen LogP contribution is 2.31. The van der Waals surface area contributed by atoms with Crippen molar-refractivity contribution in [2.45, 2.75) is 19.5 Å². The number of fused-ring (bicyclic) bond motifs is 1. The van der Waals surface area contributed by atoms with Crippen LogP contribution in [0.5, 0.6) is 5.75 Å². The molecule has 4 aromatic rings. The van der Waals surface area contributed by atoms with Crippen molar-refractivity contribution in [1.82, 2.24) is 5.32 Å². The molecular weight excluding hydrogens is 405 g/mol. The number of methoxy groups -OCH3 is 1. The van der Waals surface area contributed by atoms with E-state index in [1.54, 1.807) is 24.3 Å². The molecule has 0 fully saturated rings. The zero-order valence-corrected chi connectivity index (χ0v) is 17.9. The number of benzene rings is 4. The summed E-state index contributed by atoms with van der Waals surface area (Å²) in [4.78, 5) is 11.2. The molecule has 1 atom stereocenters. The van der Waals surface area contributed by atoms with Crippen LogP contribution >= 0.6 is 0 Å². The molecular formula is C27H24FNO3. The molecule has 0 spiro atoms. The molecule has 0 saturated carbocycles. The SMILES string of the molecule is COc1cc([C@@H](C)NCc2cc(-c3ccc(C(=O)O)cc3)c3ccccc3c2)ccc1F. The van der Waals surface area contributed by atoms with E-state index >= 15 is 0 Å². The molecule has 0 unspecified atom stereocenters. The number of carboxylic acids is 1. The number of carbonyl (C=O) groups is 1. The van der Waals surface area contributed by atoms with Gasteiger partial charge in [-0.2, -0.15) is 0 Å². The fourth-order valence-electron chi connectivity index (χ4n) is 3.84. The molecule has 5 heteroatoms. The monoisotopic (exact) mass is 429 g/mol. The molecule has 4 nitrogen and oxygen atoms in total. The van der Waals surface area contributed by atoms with Gasteiger partial charge in [-0.3, -0.25) is 0 Å². The molecule has 0 aliphatic rings. The molecule has 4 rings (SSSR count). The minimum atomic E-state index is -0.939. The summed E-state index contributed by atoms with van der Waals surface area (Å²) in [6.07, 6.45) is 0. The summed E-state index contributed by atoms with van der Waals surface area (Å²) in [6.45, 7) is 2.64. The van der Waals surface area contributed by atoms with E-state index in [9.17, 15) is 14.3 Å². The summed E-state index contributed by atoms with van der Waals surface area (Å²) < 4.78 is 18.8. The average molecular weight is 429 g/mol. The van der Waals surface area contributed by atoms with Crippen molar-refractivity contribution in [3.05, 3.63) is 101 Å². The highest BCUT2D eigenvalue weighted by molar-refractivity contribution is 5.98. The Bertz CT molecular complexity index is 1270. The van der Waals surface area contributed by atoms with Crippen LogP contribution in [-0.2, 0) is 6.54 Å². The van der Waals surface area contributed by atoms with Crippen molar-refractivity contribution in [3.8, 4) is 16.9 Å². The number of ether oxygens (including phenoxy) is 1. The molecule has 0 aromatic heterocycles. The van der Waals surface area contributed by atoms with Gasteiger partial charge in [0, 0.05) is 12.6 Å². The topological polar surface area (TPSA) is 58.6 Å². The van der Waals surface area contributed by atoms with Gasteiger partial charge >= 0.3 is 5.97 Å². The Morgan fingerprint density at radius 1 is 1.03 bits per heavy atom. The quantitative estimate of drug-likeness (QED) is 0.367. The number of rotatable bonds is 7. The minimum Gasteiger partial charge on any atom is -0.494 e. The van der Waals surface area contributed by atoms with Gasteiger partial charge in [-0.05, 0) is 76.3 Å². The van der Waals surface area contributed by atoms with Gasteiger partial charge in [0.05, 0.1) is 12.7 Å². The molecule has 2 N–H and O–H groups in total. The first kappa shape index (κ1) is 21.5. The Morgan fingerprint density at radius 3 is 2.50 bits per heavy atom. The molecule has 0 aliphatic carbocycles. The second kappa shape index (κ2) is 9.20. The third kappa shape index (κ3) is 4.48. The van der Waals surface area contributed by atoms with Crippen LogP contribution in [0.15, 0.2) is 78.9 Å². The van der Waals surface area contributed by atoms with Gasteiger partial charge in [-0.25, -0.2) is 9.18 Å². The summed E-state index contributed by atoms with van der Waals surface area (Å²) >= 11 is 0. The lowest BCUT2D eigenvalue weighted by Gasteiger charge is -2.17. The fourth-order valence-corrected chi connectivity index (χ4v) is 3.84. The fraction of sp³-hybridized carbons (Fsp3) is 0.148. The first-order chi connectivity index (χ1) is 15.5. The lowest BCUT2D eigenvalue weighted by molar-refractivity contribution is 0.0697. The summed E-state index contributed by atoms with van der Waals surface area (Å²) in [5.74, 6) is -1.09. The molecule has 0 bridgehead atoms. The lowest BCUT2D eigenvalue weighted by Crippen LogP contribution is -2.18. The largest absolute Gasteiger partial charge is 0.494 e. The number of hydrogen-bond donors (Lipinski definition) is 2. The average Bonchev–Trinajstić information content (AvgIpc) is 2.82. The Balaban J connectivity index is 1.63. The van der Waals surface area contributed by atoms with E-state index in [2.05, 4.69) is 29.6 Å². The van der Waals surface area contributed by atoms with Crippen molar-refractivity contribution in [2.24, 2.45) is 0 Å². The Labute approximate surface area is 186 Å². The summed E-state index contributed by atoms with van der Waals surface area (Å²) in [7, 11) is 1.46. The van der Waals surface area contributed by atoms with E-state index in [4.69, 9.17) is 4.74 Å². The van der Waals surface area contributed by atoms with Gasteiger partial charge in [-0.15, -0.1) is 0 Å². The van der Waals surface area contributed by atoms with E-state index in [1.165, 1.54) is 13.2 Å². The summed E-state index contributed by atoms with van der Waals surface area (Å²) in [6, 6.07) is 24.2. The molecule has 0 aliphatic heterocycles. The van der Waals surface area contributed by atoms with Gasteiger partial charge in [0.1, 0.15) is 0 Å². The second-order valence-corrected chi connectivity index (χ2v) is 7.74. The van der Waals surface area contributed by atoms with Gasteiger partial charge in [0.25, 0.3) is 0 Å². The smallest absolute Gasteiger partial charge is 0.335 e. The maximum atomic E-state index is 13.7. The number of hydrogen-bond acceptors (Lipinski definition) is 3. The summed E-state index contributed by atoms with van der Waals surface area (Å²) in [5, 5.41) is 14.9. The van der Waals surface area contributed by atoms with Crippen LogP contribution in [0.4, 0.5) is 4.39 Å². The van der Waals surface area contributed by atoms with Crippen LogP contribution in [0, 0.1) is 5.82 Å². The van der Waals surface area contributed by atoms with E-state index in [1.807, 2.05) is 31.2 Å². The van der Waals surface area contributed by atoms with Crippen molar-refractivity contribution in [2.75, 3.05) is 7.11 Å². The van der Waals surface area contributed by atoms with E-state index in [0.717, 1.165) is 33.0 Å². The van der Waals surface area contributed by atoms with Crippen LogP contribution in [-0.4, -0.2) is 18.2 Å². The number of halogens is 1. The molecule has 0 saturated heterocycles. The molecule has 0 amide bonds. The highest BCUT2D eigenvalue weighted by Gasteiger charge is 2.12. The van der Waals surface area contributed by atoms with E-state index in [-0.39, 0.29) is 23.2 Å². The van der Waals surface area contributed by atoms with Crippen LogP contribution in [0.3, 0.4) is 0 Å². The van der Waals surface area contributed by atoms with Crippen molar-refractivity contribution < 1.29 is 19.0 Å². The first-order valence-corrected chi connectivity index (χ1v) is 10.4. The van der Waals surface area contributed by atoms with E-state index in [0.29, 0.717) is 6.54 Å². The van der Waals surface area contributed by atoms with Crippen molar-refractivity contribution in [3.63, 3.8) is 0 Å². The first-order valence-electron chi connectivity index (χ1n) is 10.4. The molecule has 4 aromatic carbocycles. The maximum absolute atomic E-state index is 13.7. The Hall–Kier alpha value is -3.70. The highest BCUT2D eigenvalue weighted by atomic mass is 19.1. The lowest BCUT2D eigenvalue weighted by atomic mass is 9.95. The molecule has 0 radical (unpaired) electrons. The van der Waals surface area contributed by atoms with Gasteiger partial charge in [-0.1, -0.05) is 42.5 Å². The van der Waals surface area contributed by atoms with Gasteiger partial charge in [0.15, 0.2) is 11.6 Å². The van der Waals surface area contributed by atoms with Crippen LogP contribution in [0.2, 0.25) is 0 Å². The number of nitrogens with one attached hydrogen (secondary N) is 1. The van der Waals surface area contributed by atoms with Crippen LogP contribution in [0.25, 0.3) is 21.9 Å². The predicted molar refractivity (Wildman–Crippen MR) is 125 cm³/mol. The van der Waals surface area contributed by atoms with Crippen LogP contribution in [0.1, 0.15) is 34.5 Å². The van der Waals surface area contributed by atoms with Crippen molar-refractivity contribution >= 4 is 16.7 Å². The Morgan fingerprint density at radius 2 is 1.78 bits per heavy atom. The van der Waals surface area contributed by atoms with Gasteiger partial charge < -0.3 is 15.2 Å². The van der Waals surface area contributed by atoms with Crippen LogP contribution < -0.4 is 10.1 Å². The third-order valence-electron chi connectivity index (χ3n) is 5.65. The van der Waals surface area contributed by atoms with Gasteiger partial charge in [0.2, 0.25) is 0 Å². The molecule has 162 valence electrons. The Kier molecular flexibility index (Phi) is 6.19.